The molecule has 0 atom stereocenters. The first-order valence-electron chi connectivity index (χ1n) is 7.21. The predicted octanol–water partition coefficient (Wildman–Crippen LogP) is 1.85. The zero-order valence-electron chi connectivity index (χ0n) is 13.0. The highest BCUT2D eigenvalue weighted by Crippen LogP contribution is 2.17. The summed E-state index contributed by atoms with van der Waals surface area (Å²) in [4.78, 5) is 8.96. The summed E-state index contributed by atoms with van der Waals surface area (Å²) >= 11 is 0. The SMILES string of the molecule is CCN(CC)C(C)(N[SiH2]C(C)C)N(CC)CC. The maximum Gasteiger partial charge on any atom is 0.119 e. The number of nitrogens with zero attached hydrogens (tertiary/aromatic N) is 2. The fraction of sp³-hybridized carbons (Fsp3) is 1.00. The standard InChI is InChI=1S/C13H33N3Si/c1-8-15(9-2)13(7,14-17-12(5)6)16(10-3)11-4/h12,14H,8-11,17H2,1-7H3. The first-order valence-corrected chi connectivity index (χ1v) is 8.73. The van der Waals surface area contributed by atoms with Gasteiger partial charge < -0.3 is 4.98 Å². The second kappa shape index (κ2) is 8.24. The quantitative estimate of drug-likeness (QED) is 0.503. The van der Waals surface area contributed by atoms with E-state index in [2.05, 4.69) is 63.2 Å². The van der Waals surface area contributed by atoms with E-state index < -0.39 is 0 Å². The van der Waals surface area contributed by atoms with Gasteiger partial charge in [-0.25, -0.2) is 0 Å². The molecule has 0 fully saturated rings. The number of nitrogens with one attached hydrogen (secondary N) is 1. The van der Waals surface area contributed by atoms with Crippen molar-refractivity contribution in [2.45, 2.75) is 59.8 Å². The molecule has 0 aromatic heterocycles. The van der Waals surface area contributed by atoms with Gasteiger partial charge in [-0.05, 0) is 38.6 Å². The fourth-order valence-electron chi connectivity index (χ4n) is 2.50. The summed E-state index contributed by atoms with van der Waals surface area (Å²) in [7, 11) is -0.214. The van der Waals surface area contributed by atoms with Crippen LogP contribution in [0.5, 0.6) is 0 Å². The minimum Gasteiger partial charge on any atom is -0.313 e. The third-order valence-corrected chi connectivity index (χ3v) is 5.29. The zero-order chi connectivity index (χ0) is 13.5. The molecule has 0 aromatic carbocycles. The Balaban J connectivity index is 4.89. The molecule has 0 aliphatic rings. The Labute approximate surface area is 111 Å². The molecular formula is C13H33N3Si. The van der Waals surface area contributed by atoms with Gasteiger partial charge in [0.2, 0.25) is 0 Å². The first kappa shape index (κ1) is 17.1. The van der Waals surface area contributed by atoms with Crippen molar-refractivity contribution in [1.82, 2.24) is 14.8 Å². The largest absolute Gasteiger partial charge is 0.313 e. The number of hydrogen-bond donors (Lipinski definition) is 1. The molecule has 0 heterocycles. The van der Waals surface area contributed by atoms with Crippen LogP contribution in [0, 0.1) is 0 Å². The summed E-state index contributed by atoms with van der Waals surface area (Å²) in [5, 5.41) is 0. The number of hydrogen-bond acceptors (Lipinski definition) is 3. The van der Waals surface area contributed by atoms with Gasteiger partial charge in [-0.1, -0.05) is 41.5 Å². The van der Waals surface area contributed by atoms with Crippen molar-refractivity contribution in [2.75, 3.05) is 26.2 Å². The molecule has 0 aliphatic heterocycles. The summed E-state index contributed by atoms with van der Waals surface area (Å²) in [6.07, 6.45) is 0. The normalized spacial score (nSPS) is 13.8. The van der Waals surface area contributed by atoms with Gasteiger partial charge in [-0.15, -0.1) is 0 Å². The molecule has 1 N–H and O–H groups in total. The second-order valence-corrected chi connectivity index (χ2v) is 7.53. The Kier molecular flexibility index (Phi) is 8.29. The van der Waals surface area contributed by atoms with Gasteiger partial charge in [-0.2, -0.15) is 0 Å². The average molecular weight is 260 g/mol. The third-order valence-electron chi connectivity index (χ3n) is 3.60. The summed E-state index contributed by atoms with van der Waals surface area (Å²) in [5.74, 6) is 0.0451. The van der Waals surface area contributed by atoms with Crippen LogP contribution in [0.1, 0.15) is 48.5 Å². The highest BCUT2D eigenvalue weighted by atomic mass is 28.2. The lowest BCUT2D eigenvalue weighted by atomic mass is 10.2. The van der Waals surface area contributed by atoms with Gasteiger partial charge in [0.1, 0.15) is 5.79 Å². The van der Waals surface area contributed by atoms with Crippen LogP contribution in [-0.4, -0.2) is 51.4 Å². The van der Waals surface area contributed by atoms with E-state index in [0.29, 0.717) is 0 Å². The summed E-state index contributed by atoms with van der Waals surface area (Å²) in [6, 6.07) is 0. The maximum absolute atomic E-state index is 3.89. The third kappa shape index (κ3) is 4.70. The van der Waals surface area contributed by atoms with E-state index in [1.807, 2.05) is 0 Å². The highest BCUT2D eigenvalue weighted by molar-refractivity contribution is 6.34. The molecule has 3 nitrogen and oxygen atoms in total. The van der Waals surface area contributed by atoms with Crippen molar-refractivity contribution in [3.8, 4) is 0 Å². The van der Waals surface area contributed by atoms with E-state index in [9.17, 15) is 0 Å². The Morgan fingerprint density at radius 1 is 0.941 bits per heavy atom. The van der Waals surface area contributed by atoms with Crippen molar-refractivity contribution in [3.63, 3.8) is 0 Å². The molecule has 0 bridgehead atoms. The second-order valence-electron chi connectivity index (χ2n) is 5.14. The molecule has 0 saturated carbocycles. The van der Waals surface area contributed by atoms with Gasteiger partial charge in [0.05, 0.1) is 9.68 Å². The lowest BCUT2D eigenvalue weighted by Gasteiger charge is -2.49. The highest BCUT2D eigenvalue weighted by Gasteiger charge is 2.34. The maximum atomic E-state index is 3.89. The smallest absolute Gasteiger partial charge is 0.119 e. The zero-order valence-corrected chi connectivity index (χ0v) is 14.4. The van der Waals surface area contributed by atoms with Crippen LogP contribution < -0.4 is 4.98 Å². The molecule has 17 heavy (non-hydrogen) atoms. The van der Waals surface area contributed by atoms with E-state index in [1.54, 1.807) is 0 Å². The number of rotatable bonds is 9. The average Bonchev–Trinajstić information content (AvgIpc) is 2.29. The topological polar surface area (TPSA) is 18.5 Å². The molecule has 0 rings (SSSR count). The summed E-state index contributed by atoms with van der Waals surface area (Å²) in [6.45, 7) is 20.4. The Morgan fingerprint density at radius 3 is 1.53 bits per heavy atom. The first-order chi connectivity index (χ1) is 7.96. The molecule has 0 saturated heterocycles. The van der Waals surface area contributed by atoms with Gasteiger partial charge in [-0.3, -0.25) is 9.80 Å². The van der Waals surface area contributed by atoms with Crippen LogP contribution in [-0.2, 0) is 0 Å². The monoisotopic (exact) mass is 259 g/mol. The van der Waals surface area contributed by atoms with Crippen molar-refractivity contribution in [2.24, 2.45) is 0 Å². The molecule has 0 unspecified atom stereocenters. The predicted molar refractivity (Wildman–Crippen MR) is 81.0 cm³/mol. The molecule has 0 aromatic rings. The van der Waals surface area contributed by atoms with Crippen molar-refractivity contribution in [3.05, 3.63) is 0 Å². The van der Waals surface area contributed by atoms with Crippen LogP contribution in [0.25, 0.3) is 0 Å². The molecule has 0 spiro atoms. The van der Waals surface area contributed by atoms with Crippen molar-refractivity contribution in [1.29, 1.82) is 0 Å². The van der Waals surface area contributed by atoms with E-state index in [-0.39, 0.29) is 15.5 Å². The van der Waals surface area contributed by atoms with Gasteiger partial charge in [0.25, 0.3) is 0 Å². The summed E-state index contributed by atoms with van der Waals surface area (Å²) in [5.41, 5.74) is 0.820. The molecule has 104 valence electrons. The molecule has 0 radical (unpaired) electrons. The van der Waals surface area contributed by atoms with Crippen molar-refractivity contribution >= 4 is 9.68 Å². The van der Waals surface area contributed by atoms with Crippen LogP contribution >= 0.6 is 0 Å². The van der Waals surface area contributed by atoms with Crippen molar-refractivity contribution < 1.29 is 0 Å². The lowest BCUT2D eigenvalue weighted by molar-refractivity contribution is -0.0459. The van der Waals surface area contributed by atoms with Crippen LogP contribution in [0.3, 0.4) is 0 Å². The minimum atomic E-state index is -0.214. The molecule has 0 aliphatic carbocycles. The molecular weight excluding hydrogens is 226 g/mol. The van der Waals surface area contributed by atoms with E-state index >= 15 is 0 Å². The molecule has 4 heteroatoms. The van der Waals surface area contributed by atoms with E-state index in [4.69, 9.17) is 0 Å². The van der Waals surface area contributed by atoms with E-state index in [1.165, 1.54) is 0 Å². The van der Waals surface area contributed by atoms with Gasteiger partial charge in [0, 0.05) is 0 Å². The van der Waals surface area contributed by atoms with Gasteiger partial charge >= 0.3 is 0 Å². The van der Waals surface area contributed by atoms with Crippen LogP contribution in [0.15, 0.2) is 0 Å². The van der Waals surface area contributed by atoms with Gasteiger partial charge in [0.15, 0.2) is 0 Å². The fourth-order valence-corrected chi connectivity index (χ4v) is 3.74. The Bertz CT molecular complexity index is 177. The summed E-state index contributed by atoms with van der Waals surface area (Å²) < 4.78 is 0. The van der Waals surface area contributed by atoms with E-state index in [0.717, 1.165) is 31.7 Å². The van der Waals surface area contributed by atoms with Crippen LogP contribution in [0.2, 0.25) is 5.54 Å². The Morgan fingerprint density at radius 2 is 1.29 bits per heavy atom. The Hall–Kier alpha value is 0.0969. The lowest BCUT2D eigenvalue weighted by Crippen LogP contribution is -2.68. The molecule has 0 amide bonds. The minimum absolute atomic E-state index is 0.0451. The van der Waals surface area contributed by atoms with Crippen LogP contribution in [0.4, 0.5) is 0 Å².